The van der Waals surface area contributed by atoms with E-state index >= 15 is 0 Å². The first-order chi connectivity index (χ1) is 9.61. The summed E-state index contributed by atoms with van der Waals surface area (Å²) in [4.78, 5) is 11.7. The van der Waals surface area contributed by atoms with Crippen LogP contribution in [0.5, 0.6) is 5.75 Å². The molecule has 2 unspecified atom stereocenters. The summed E-state index contributed by atoms with van der Waals surface area (Å²) in [5.74, 6) is 0.582. The molecule has 3 N–H and O–H groups in total. The Kier molecular flexibility index (Phi) is 4.79. The third kappa shape index (κ3) is 3.39. The number of amides is 1. The van der Waals surface area contributed by atoms with Crippen molar-refractivity contribution in [1.29, 1.82) is 0 Å². The van der Waals surface area contributed by atoms with Gasteiger partial charge in [0.1, 0.15) is 5.75 Å². The van der Waals surface area contributed by atoms with Crippen LogP contribution in [0.4, 0.5) is 0 Å². The van der Waals surface area contributed by atoms with E-state index in [1.54, 1.807) is 13.0 Å². The van der Waals surface area contributed by atoms with Crippen LogP contribution in [0.2, 0.25) is 0 Å². The summed E-state index contributed by atoms with van der Waals surface area (Å²) in [7, 11) is 0. The lowest BCUT2D eigenvalue weighted by Crippen LogP contribution is -2.36. The fourth-order valence-electron chi connectivity index (χ4n) is 2.48. The molecule has 1 aliphatic carbocycles. The van der Waals surface area contributed by atoms with Crippen LogP contribution in [0.1, 0.15) is 36.9 Å². The second-order valence-electron chi connectivity index (χ2n) is 5.15. The molecule has 2 atom stereocenters. The molecule has 0 fully saturated rings. The van der Waals surface area contributed by atoms with Crippen LogP contribution in [-0.2, 0) is 11.2 Å². The molecular formula is C16H22N2O2. The Hall–Kier alpha value is -1.81. The second kappa shape index (κ2) is 6.57. The largest absolute Gasteiger partial charge is 0.481 e. The predicted molar refractivity (Wildman–Crippen MR) is 79.6 cm³/mol. The van der Waals surface area contributed by atoms with Crippen LogP contribution in [-0.4, -0.2) is 18.6 Å². The molecule has 2 rings (SSSR count). The fraction of sp³-hybridized carbons (Fsp3) is 0.438. The van der Waals surface area contributed by atoms with E-state index in [1.807, 2.05) is 18.2 Å². The number of benzene rings is 1. The normalized spacial score (nSPS) is 18.8. The van der Waals surface area contributed by atoms with Crippen molar-refractivity contribution in [2.24, 2.45) is 5.73 Å². The van der Waals surface area contributed by atoms with Crippen molar-refractivity contribution in [3.8, 4) is 5.75 Å². The van der Waals surface area contributed by atoms with E-state index in [-0.39, 0.29) is 11.9 Å². The fourth-order valence-corrected chi connectivity index (χ4v) is 2.48. The minimum Gasteiger partial charge on any atom is -0.481 e. The van der Waals surface area contributed by atoms with Crippen LogP contribution in [0.3, 0.4) is 0 Å². The quantitative estimate of drug-likeness (QED) is 0.808. The number of fused-ring (bicyclic) bond motifs is 1. The summed E-state index contributed by atoms with van der Waals surface area (Å²) >= 11 is 0. The first kappa shape index (κ1) is 14.6. The average Bonchev–Trinajstić information content (AvgIpc) is 2.44. The molecule has 0 bridgehead atoms. The van der Waals surface area contributed by atoms with Crippen LogP contribution in [0.25, 0.3) is 0 Å². The smallest absolute Gasteiger partial charge is 0.261 e. The number of nitrogens with one attached hydrogen (secondary N) is 1. The molecule has 1 aromatic rings. The van der Waals surface area contributed by atoms with E-state index in [0.717, 1.165) is 25.0 Å². The van der Waals surface area contributed by atoms with Gasteiger partial charge < -0.3 is 15.8 Å². The molecule has 1 aromatic carbocycles. The van der Waals surface area contributed by atoms with Crippen molar-refractivity contribution >= 4 is 5.91 Å². The lowest BCUT2D eigenvalue weighted by molar-refractivity contribution is -0.127. The maximum atomic E-state index is 11.7. The Bertz CT molecular complexity index is 499. The van der Waals surface area contributed by atoms with Gasteiger partial charge in [-0.15, -0.1) is 6.58 Å². The van der Waals surface area contributed by atoms with Gasteiger partial charge in [-0.05, 0) is 49.4 Å². The SMILES string of the molecule is C=CCNC(=O)C(C)Oc1ccc2c(c1)CCCC2N. The highest BCUT2D eigenvalue weighted by atomic mass is 16.5. The summed E-state index contributed by atoms with van der Waals surface area (Å²) in [6.45, 7) is 5.75. The van der Waals surface area contributed by atoms with Crippen LogP contribution in [0, 0.1) is 0 Å². The van der Waals surface area contributed by atoms with Crippen molar-refractivity contribution in [3.05, 3.63) is 42.0 Å². The Morgan fingerprint density at radius 1 is 1.65 bits per heavy atom. The van der Waals surface area contributed by atoms with Crippen LogP contribution >= 0.6 is 0 Å². The average molecular weight is 274 g/mol. The van der Waals surface area contributed by atoms with Crippen molar-refractivity contribution in [1.82, 2.24) is 5.32 Å². The molecule has 0 spiro atoms. The zero-order valence-corrected chi connectivity index (χ0v) is 11.9. The summed E-state index contributed by atoms with van der Waals surface area (Å²) < 4.78 is 5.69. The van der Waals surface area contributed by atoms with Crippen molar-refractivity contribution < 1.29 is 9.53 Å². The standard InChI is InChI=1S/C16H22N2O2/c1-3-9-18-16(19)11(2)20-13-7-8-14-12(10-13)5-4-6-15(14)17/h3,7-8,10-11,15H,1,4-6,9,17H2,2H3,(H,18,19). The third-order valence-electron chi connectivity index (χ3n) is 3.58. The number of ether oxygens (including phenoxy) is 1. The van der Waals surface area contributed by atoms with E-state index in [0.29, 0.717) is 6.54 Å². The monoisotopic (exact) mass is 274 g/mol. The lowest BCUT2D eigenvalue weighted by atomic mass is 9.88. The maximum absolute atomic E-state index is 11.7. The lowest BCUT2D eigenvalue weighted by Gasteiger charge is -2.23. The minimum absolute atomic E-state index is 0.126. The van der Waals surface area contributed by atoms with E-state index in [9.17, 15) is 4.79 Å². The highest BCUT2D eigenvalue weighted by Crippen LogP contribution is 2.30. The Balaban J connectivity index is 2.03. The molecule has 1 amide bonds. The number of nitrogens with two attached hydrogens (primary N) is 1. The number of hydrogen-bond acceptors (Lipinski definition) is 3. The van der Waals surface area contributed by atoms with Gasteiger partial charge in [0.2, 0.25) is 0 Å². The molecule has 0 saturated heterocycles. The summed E-state index contributed by atoms with van der Waals surface area (Å²) in [6, 6.07) is 6.04. The van der Waals surface area contributed by atoms with E-state index in [2.05, 4.69) is 11.9 Å². The second-order valence-corrected chi connectivity index (χ2v) is 5.15. The van der Waals surface area contributed by atoms with Gasteiger partial charge in [-0.3, -0.25) is 4.79 Å². The predicted octanol–water partition coefficient (Wildman–Crippen LogP) is 2.09. The first-order valence-corrected chi connectivity index (χ1v) is 7.05. The zero-order chi connectivity index (χ0) is 14.5. The Morgan fingerprint density at radius 3 is 3.20 bits per heavy atom. The van der Waals surface area contributed by atoms with E-state index in [1.165, 1.54) is 11.1 Å². The molecule has 1 aliphatic rings. The molecular weight excluding hydrogens is 252 g/mol. The topological polar surface area (TPSA) is 64.3 Å². The van der Waals surface area contributed by atoms with Gasteiger partial charge in [-0.2, -0.15) is 0 Å². The van der Waals surface area contributed by atoms with Gasteiger partial charge in [-0.25, -0.2) is 0 Å². The Labute approximate surface area is 120 Å². The molecule has 0 aromatic heterocycles. The number of hydrogen-bond donors (Lipinski definition) is 2. The number of carbonyl (C=O) groups excluding carboxylic acids is 1. The van der Waals surface area contributed by atoms with Crippen molar-refractivity contribution in [3.63, 3.8) is 0 Å². The van der Waals surface area contributed by atoms with Gasteiger partial charge in [0.25, 0.3) is 5.91 Å². The molecule has 0 aliphatic heterocycles. The zero-order valence-electron chi connectivity index (χ0n) is 11.9. The van der Waals surface area contributed by atoms with E-state index < -0.39 is 6.10 Å². The molecule has 108 valence electrons. The molecule has 0 saturated carbocycles. The van der Waals surface area contributed by atoms with Crippen molar-refractivity contribution in [2.45, 2.75) is 38.3 Å². The molecule has 4 nitrogen and oxygen atoms in total. The van der Waals surface area contributed by atoms with Gasteiger partial charge in [0.05, 0.1) is 0 Å². The molecule has 4 heteroatoms. The summed E-state index contributed by atoms with van der Waals surface area (Å²) in [5.41, 5.74) is 8.52. The Morgan fingerprint density at radius 2 is 2.45 bits per heavy atom. The number of rotatable bonds is 5. The minimum atomic E-state index is -0.523. The molecule has 20 heavy (non-hydrogen) atoms. The van der Waals surface area contributed by atoms with Crippen LogP contribution < -0.4 is 15.8 Å². The van der Waals surface area contributed by atoms with Gasteiger partial charge >= 0.3 is 0 Å². The summed E-state index contributed by atoms with van der Waals surface area (Å²) in [6.07, 6.45) is 4.29. The highest BCUT2D eigenvalue weighted by Gasteiger charge is 2.19. The van der Waals surface area contributed by atoms with E-state index in [4.69, 9.17) is 10.5 Å². The van der Waals surface area contributed by atoms with Gasteiger partial charge in [0.15, 0.2) is 6.10 Å². The molecule has 0 radical (unpaired) electrons. The molecule has 0 heterocycles. The maximum Gasteiger partial charge on any atom is 0.261 e. The first-order valence-electron chi connectivity index (χ1n) is 7.05. The van der Waals surface area contributed by atoms with Crippen molar-refractivity contribution in [2.75, 3.05) is 6.54 Å². The van der Waals surface area contributed by atoms with Gasteiger partial charge in [0, 0.05) is 12.6 Å². The van der Waals surface area contributed by atoms with Gasteiger partial charge in [-0.1, -0.05) is 12.1 Å². The number of carbonyl (C=O) groups is 1. The van der Waals surface area contributed by atoms with Crippen LogP contribution in [0.15, 0.2) is 30.9 Å². The highest BCUT2D eigenvalue weighted by molar-refractivity contribution is 5.80. The number of aryl methyl sites for hydroxylation is 1. The summed E-state index contributed by atoms with van der Waals surface area (Å²) in [5, 5.41) is 2.72. The third-order valence-corrected chi connectivity index (χ3v) is 3.58.